The van der Waals surface area contributed by atoms with E-state index in [0.29, 0.717) is 25.1 Å². The molecule has 2 aliphatic rings. The topological polar surface area (TPSA) is 96.8 Å². The van der Waals surface area contributed by atoms with Gasteiger partial charge in [-0.05, 0) is 58.8 Å². The molecule has 2 N–H and O–H groups in total. The first-order chi connectivity index (χ1) is 17.1. The number of pyridine rings is 1. The van der Waals surface area contributed by atoms with Gasteiger partial charge in [0.25, 0.3) is 0 Å². The lowest BCUT2D eigenvalue weighted by Gasteiger charge is -2.34. The number of fused-ring (bicyclic) bond motifs is 1. The van der Waals surface area contributed by atoms with Crippen LogP contribution in [-0.4, -0.2) is 68.6 Å². The number of aromatic nitrogens is 6. The normalized spacial score (nSPS) is 19.0. The molecule has 2 saturated heterocycles. The number of morpholine rings is 1. The van der Waals surface area contributed by atoms with Crippen molar-refractivity contribution >= 4 is 16.9 Å². The summed E-state index contributed by atoms with van der Waals surface area (Å²) in [7, 11) is 0. The Balaban J connectivity index is 0.00000267. The molecule has 2 fully saturated rings. The summed E-state index contributed by atoms with van der Waals surface area (Å²) in [6.45, 7) is 10.7. The number of hydrogen-bond acceptors (Lipinski definition) is 7. The van der Waals surface area contributed by atoms with Crippen LogP contribution in [-0.2, 0) is 4.74 Å². The maximum atomic E-state index is 5.70. The summed E-state index contributed by atoms with van der Waals surface area (Å²) in [5.74, 6) is 1.63. The van der Waals surface area contributed by atoms with Crippen molar-refractivity contribution in [2.24, 2.45) is 0 Å². The SMILES string of the molecule is C.Cc1nn(C2CCNCC2)c(C)c1-c1cc(N2CCOC[C@H]2C)nc(-c2ccnc3[nH]ccc23)n1. The second-order valence-electron chi connectivity index (χ2n) is 9.62. The van der Waals surface area contributed by atoms with Gasteiger partial charge < -0.3 is 19.9 Å². The number of anilines is 1. The Morgan fingerprint density at radius 3 is 2.75 bits per heavy atom. The molecule has 6 rings (SSSR count). The van der Waals surface area contributed by atoms with Gasteiger partial charge in [-0.15, -0.1) is 0 Å². The maximum absolute atomic E-state index is 5.70. The lowest BCUT2D eigenvalue weighted by Crippen LogP contribution is -2.44. The third-order valence-electron chi connectivity index (χ3n) is 7.31. The van der Waals surface area contributed by atoms with Gasteiger partial charge in [0.15, 0.2) is 5.82 Å². The average molecular weight is 489 g/mol. The van der Waals surface area contributed by atoms with Gasteiger partial charge in [0.1, 0.15) is 11.5 Å². The molecule has 4 aromatic rings. The Labute approximate surface area is 212 Å². The van der Waals surface area contributed by atoms with Crippen LogP contribution in [0, 0.1) is 13.8 Å². The van der Waals surface area contributed by atoms with E-state index in [4.69, 9.17) is 19.8 Å². The zero-order valence-electron chi connectivity index (χ0n) is 20.6. The van der Waals surface area contributed by atoms with E-state index in [0.717, 1.165) is 71.8 Å². The number of nitrogens with zero attached hydrogens (tertiary/aromatic N) is 6. The molecular formula is C27H36N8O. The molecule has 0 radical (unpaired) electrons. The Morgan fingerprint density at radius 1 is 1.11 bits per heavy atom. The fraction of sp³-hybridized carbons (Fsp3) is 0.481. The summed E-state index contributed by atoms with van der Waals surface area (Å²) in [5, 5.41) is 9.47. The lowest BCUT2D eigenvalue weighted by atomic mass is 10.1. The third kappa shape index (κ3) is 4.26. The number of nitrogens with one attached hydrogen (secondary N) is 2. The summed E-state index contributed by atoms with van der Waals surface area (Å²) < 4.78 is 7.93. The molecule has 0 amide bonds. The highest BCUT2D eigenvalue weighted by Gasteiger charge is 2.26. The molecule has 0 unspecified atom stereocenters. The molecule has 190 valence electrons. The van der Waals surface area contributed by atoms with Crippen molar-refractivity contribution < 1.29 is 4.74 Å². The minimum absolute atomic E-state index is 0. The van der Waals surface area contributed by atoms with Crippen LogP contribution >= 0.6 is 0 Å². The fourth-order valence-corrected chi connectivity index (χ4v) is 5.49. The zero-order chi connectivity index (χ0) is 23.9. The van der Waals surface area contributed by atoms with Crippen molar-refractivity contribution in [2.75, 3.05) is 37.7 Å². The lowest BCUT2D eigenvalue weighted by molar-refractivity contribution is 0.0985. The van der Waals surface area contributed by atoms with E-state index in [1.54, 1.807) is 0 Å². The predicted octanol–water partition coefficient (Wildman–Crippen LogP) is 4.29. The van der Waals surface area contributed by atoms with Crippen molar-refractivity contribution in [1.29, 1.82) is 0 Å². The van der Waals surface area contributed by atoms with Crippen LogP contribution in [0.15, 0.2) is 30.6 Å². The molecule has 0 aliphatic carbocycles. The average Bonchev–Trinajstić information content (AvgIpc) is 3.48. The van der Waals surface area contributed by atoms with Crippen LogP contribution in [0.1, 0.15) is 44.6 Å². The van der Waals surface area contributed by atoms with Crippen LogP contribution < -0.4 is 10.2 Å². The van der Waals surface area contributed by atoms with Crippen molar-refractivity contribution in [3.05, 3.63) is 42.0 Å². The summed E-state index contributed by atoms with van der Waals surface area (Å²) in [6, 6.07) is 6.83. The molecule has 4 aromatic heterocycles. The molecule has 0 aromatic carbocycles. The number of aromatic amines is 1. The maximum Gasteiger partial charge on any atom is 0.162 e. The number of hydrogen-bond donors (Lipinski definition) is 2. The minimum Gasteiger partial charge on any atom is -0.377 e. The predicted molar refractivity (Wildman–Crippen MR) is 143 cm³/mol. The Hall–Kier alpha value is -3.30. The van der Waals surface area contributed by atoms with E-state index in [-0.39, 0.29) is 13.5 Å². The third-order valence-corrected chi connectivity index (χ3v) is 7.31. The number of rotatable bonds is 4. The molecule has 6 heterocycles. The highest BCUT2D eigenvalue weighted by molar-refractivity contribution is 5.91. The van der Waals surface area contributed by atoms with Gasteiger partial charge in [0, 0.05) is 47.2 Å². The van der Waals surface area contributed by atoms with E-state index in [9.17, 15) is 0 Å². The Morgan fingerprint density at radius 2 is 1.94 bits per heavy atom. The summed E-state index contributed by atoms with van der Waals surface area (Å²) in [5.41, 5.74) is 6.01. The molecule has 36 heavy (non-hydrogen) atoms. The highest BCUT2D eigenvalue weighted by atomic mass is 16.5. The number of piperidine rings is 1. The van der Waals surface area contributed by atoms with Crippen LogP contribution in [0.3, 0.4) is 0 Å². The van der Waals surface area contributed by atoms with Crippen LogP contribution in [0.2, 0.25) is 0 Å². The van der Waals surface area contributed by atoms with Crippen molar-refractivity contribution in [1.82, 2.24) is 35.0 Å². The highest BCUT2D eigenvalue weighted by Crippen LogP contribution is 2.34. The Kier molecular flexibility index (Phi) is 6.77. The van der Waals surface area contributed by atoms with Crippen molar-refractivity contribution in [3.63, 3.8) is 0 Å². The standard InChI is InChI=1S/C26H32N8O.CH4/c1-16-15-35-13-12-33(16)23-14-22(24-17(2)32-34(18(24)3)19-4-8-27-9-5-19)30-26(31-23)21-7-11-29-25-20(21)6-10-28-25;/h6-7,10-11,14,16,19,27H,4-5,8-9,12-13,15H2,1-3H3,(H,28,29);1H4/t16-;/m1./s1. The fourth-order valence-electron chi connectivity index (χ4n) is 5.49. The number of aryl methyl sites for hydroxylation is 1. The monoisotopic (exact) mass is 488 g/mol. The van der Waals surface area contributed by atoms with Crippen LogP contribution in [0.25, 0.3) is 33.7 Å². The first kappa shape index (κ1) is 24.4. The van der Waals surface area contributed by atoms with E-state index in [1.807, 2.05) is 24.5 Å². The number of ether oxygens (including phenoxy) is 1. The van der Waals surface area contributed by atoms with Gasteiger partial charge in [-0.25, -0.2) is 15.0 Å². The Bertz CT molecular complexity index is 1350. The van der Waals surface area contributed by atoms with Crippen LogP contribution in [0.5, 0.6) is 0 Å². The molecule has 9 nitrogen and oxygen atoms in total. The van der Waals surface area contributed by atoms with E-state index in [2.05, 4.69) is 51.7 Å². The van der Waals surface area contributed by atoms with Gasteiger partial charge in [0.2, 0.25) is 0 Å². The van der Waals surface area contributed by atoms with E-state index >= 15 is 0 Å². The molecule has 0 bridgehead atoms. The second-order valence-corrected chi connectivity index (χ2v) is 9.62. The second kappa shape index (κ2) is 9.99. The van der Waals surface area contributed by atoms with Gasteiger partial charge in [-0.1, -0.05) is 7.43 Å². The molecule has 2 aliphatic heterocycles. The van der Waals surface area contributed by atoms with Gasteiger partial charge >= 0.3 is 0 Å². The molecule has 0 saturated carbocycles. The molecule has 1 atom stereocenters. The first-order valence-electron chi connectivity index (χ1n) is 12.5. The molecule has 0 spiro atoms. The molecule has 9 heteroatoms. The van der Waals surface area contributed by atoms with E-state index in [1.165, 1.54) is 5.69 Å². The van der Waals surface area contributed by atoms with E-state index < -0.39 is 0 Å². The number of H-pyrrole nitrogens is 1. The first-order valence-corrected chi connectivity index (χ1v) is 12.5. The minimum atomic E-state index is 0. The smallest absolute Gasteiger partial charge is 0.162 e. The summed E-state index contributed by atoms with van der Waals surface area (Å²) in [6.07, 6.45) is 5.91. The zero-order valence-corrected chi connectivity index (χ0v) is 20.6. The van der Waals surface area contributed by atoms with Gasteiger partial charge in [-0.3, -0.25) is 4.68 Å². The van der Waals surface area contributed by atoms with Gasteiger partial charge in [0.05, 0.1) is 36.7 Å². The van der Waals surface area contributed by atoms with Gasteiger partial charge in [-0.2, -0.15) is 5.10 Å². The largest absolute Gasteiger partial charge is 0.377 e. The molecular weight excluding hydrogens is 452 g/mol. The van der Waals surface area contributed by atoms with Crippen molar-refractivity contribution in [2.45, 2.75) is 53.1 Å². The van der Waals surface area contributed by atoms with Crippen LogP contribution in [0.4, 0.5) is 5.82 Å². The summed E-state index contributed by atoms with van der Waals surface area (Å²) >= 11 is 0. The van der Waals surface area contributed by atoms with Crippen molar-refractivity contribution in [3.8, 4) is 22.6 Å². The quantitative estimate of drug-likeness (QED) is 0.442. The summed E-state index contributed by atoms with van der Waals surface area (Å²) in [4.78, 5) is 20.2.